The lowest BCUT2D eigenvalue weighted by Gasteiger charge is -2.07. The summed E-state index contributed by atoms with van der Waals surface area (Å²) in [7, 11) is 0. The van der Waals surface area contributed by atoms with E-state index in [1.54, 1.807) is 17.5 Å². The number of hydrogen-bond acceptors (Lipinski definition) is 5. The number of pyridine rings is 1. The molecule has 2 aromatic heterocycles. The van der Waals surface area contributed by atoms with Gasteiger partial charge in [-0.25, -0.2) is 13.8 Å². The minimum absolute atomic E-state index is 0.146. The number of nitrogens with zero attached hydrogens (tertiary/aromatic N) is 2. The molecule has 0 saturated carbocycles. The van der Waals surface area contributed by atoms with E-state index in [1.165, 1.54) is 11.6 Å². The zero-order valence-electron chi connectivity index (χ0n) is 16.2. The summed E-state index contributed by atoms with van der Waals surface area (Å²) in [6.45, 7) is 2.08. The fourth-order valence-corrected chi connectivity index (χ4v) is 3.36. The van der Waals surface area contributed by atoms with Gasteiger partial charge in [0.2, 0.25) is 0 Å². The molecule has 0 radical (unpaired) electrons. The summed E-state index contributed by atoms with van der Waals surface area (Å²) < 4.78 is 25.1. The molecule has 1 aliphatic carbocycles. The van der Waals surface area contributed by atoms with Gasteiger partial charge in [0.05, 0.1) is 17.6 Å². The van der Waals surface area contributed by atoms with Crippen LogP contribution in [-0.2, 0) is 4.79 Å². The van der Waals surface area contributed by atoms with Crippen LogP contribution in [0.25, 0.3) is 21.8 Å². The average Bonchev–Trinajstić information content (AvgIpc) is 3.23. The first kappa shape index (κ1) is 21.3. The number of nitrogens with two attached hydrogens (primary N) is 1. The predicted molar refractivity (Wildman–Crippen MR) is 117 cm³/mol. The highest BCUT2D eigenvalue weighted by atomic mass is 32.1. The van der Waals surface area contributed by atoms with Crippen molar-refractivity contribution < 1.29 is 13.6 Å². The molecular formula is C23H19F2N3OS. The van der Waals surface area contributed by atoms with Gasteiger partial charge in [0, 0.05) is 34.7 Å². The minimum Gasteiger partial charge on any atom is -0.397 e. The van der Waals surface area contributed by atoms with Crippen LogP contribution >= 0.6 is 11.3 Å². The first-order chi connectivity index (χ1) is 14.5. The summed E-state index contributed by atoms with van der Waals surface area (Å²) in [6.07, 6.45) is 7.03. The maximum atomic E-state index is 12.6. The first-order valence-corrected chi connectivity index (χ1v) is 9.95. The van der Waals surface area contributed by atoms with Gasteiger partial charge in [-0.1, -0.05) is 18.2 Å². The largest absolute Gasteiger partial charge is 0.397 e. The van der Waals surface area contributed by atoms with E-state index in [9.17, 15) is 13.6 Å². The molecule has 7 heteroatoms. The summed E-state index contributed by atoms with van der Waals surface area (Å²) >= 11 is 1.64. The van der Waals surface area contributed by atoms with Crippen molar-refractivity contribution in [1.29, 1.82) is 0 Å². The highest BCUT2D eigenvalue weighted by molar-refractivity contribution is 7.13. The molecule has 2 heterocycles. The Bertz CT molecular complexity index is 1120. The Labute approximate surface area is 177 Å². The number of benzene rings is 1. The Kier molecular flexibility index (Phi) is 6.98. The molecule has 1 aliphatic rings. The van der Waals surface area contributed by atoms with Crippen LogP contribution in [-0.4, -0.2) is 16.3 Å². The zero-order valence-corrected chi connectivity index (χ0v) is 17.0. The zero-order chi connectivity index (χ0) is 21.5. The second-order valence-corrected chi connectivity index (χ2v) is 7.38. The molecule has 3 aromatic rings. The maximum Gasteiger partial charge on any atom is 0.149 e. The van der Waals surface area contributed by atoms with Gasteiger partial charge in [-0.2, -0.15) is 0 Å². The third-order valence-electron chi connectivity index (χ3n) is 4.31. The van der Waals surface area contributed by atoms with Crippen LogP contribution in [0.4, 0.5) is 14.5 Å². The monoisotopic (exact) mass is 423 g/mol. The molecule has 30 heavy (non-hydrogen) atoms. The molecule has 1 aromatic carbocycles. The molecule has 4 rings (SSSR count). The third kappa shape index (κ3) is 5.33. The van der Waals surface area contributed by atoms with Gasteiger partial charge in [0.15, 0.2) is 0 Å². The number of rotatable bonds is 3. The van der Waals surface area contributed by atoms with Crippen molar-refractivity contribution in [2.75, 3.05) is 5.73 Å². The Balaban J connectivity index is 0.000000199. The summed E-state index contributed by atoms with van der Waals surface area (Å²) in [5.41, 5.74) is 10.6. The predicted octanol–water partition coefficient (Wildman–Crippen LogP) is 5.98. The van der Waals surface area contributed by atoms with Gasteiger partial charge in [-0.15, -0.1) is 11.3 Å². The highest BCUT2D eigenvalue weighted by Gasteiger charge is 2.08. The number of aromatic nitrogens is 2. The Morgan fingerprint density at radius 3 is 2.67 bits per heavy atom. The lowest BCUT2D eigenvalue weighted by atomic mass is 10.0. The van der Waals surface area contributed by atoms with Crippen LogP contribution in [0.3, 0.4) is 0 Å². The number of anilines is 1. The minimum atomic E-state index is -0.663. The van der Waals surface area contributed by atoms with Crippen molar-refractivity contribution in [3.63, 3.8) is 0 Å². The van der Waals surface area contributed by atoms with Crippen molar-refractivity contribution in [3.05, 3.63) is 89.1 Å². The van der Waals surface area contributed by atoms with Crippen LogP contribution in [0.15, 0.2) is 83.6 Å². The molecule has 0 atom stereocenters. The Morgan fingerprint density at radius 2 is 2.00 bits per heavy atom. The summed E-state index contributed by atoms with van der Waals surface area (Å²) in [6, 6.07) is 10.1. The van der Waals surface area contributed by atoms with Crippen molar-refractivity contribution in [1.82, 2.24) is 9.97 Å². The normalized spacial score (nSPS) is 13.2. The van der Waals surface area contributed by atoms with Gasteiger partial charge in [0.1, 0.15) is 22.9 Å². The molecule has 0 aliphatic heterocycles. The van der Waals surface area contributed by atoms with Gasteiger partial charge in [0.25, 0.3) is 0 Å². The molecule has 0 bridgehead atoms. The van der Waals surface area contributed by atoms with E-state index in [-0.39, 0.29) is 12.0 Å². The second kappa shape index (κ2) is 9.84. The molecular weight excluding hydrogens is 404 g/mol. The SMILES string of the molecule is Cc1ccc(-c2nccs2)cc1-c1ccc(N)cn1.O=CC1=C(F)C=CC=C(F)C1. The number of thiazole rings is 1. The van der Waals surface area contributed by atoms with E-state index >= 15 is 0 Å². The van der Waals surface area contributed by atoms with Gasteiger partial charge >= 0.3 is 0 Å². The molecule has 152 valence electrons. The van der Waals surface area contributed by atoms with E-state index in [2.05, 4.69) is 35.1 Å². The lowest BCUT2D eigenvalue weighted by molar-refractivity contribution is -0.105. The molecule has 4 nitrogen and oxygen atoms in total. The first-order valence-electron chi connectivity index (χ1n) is 9.07. The van der Waals surface area contributed by atoms with Gasteiger partial charge < -0.3 is 5.73 Å². The van der Waals surface area contributed by atoms with Crippen LogP contribution in [0.5, 0.6) is 0 Å². The van der Waals surface area contributed by atoms with Crippen LogP contribution in [0.1, 0.15) is 12.0 Å². The summed E-state index contributed by atoms with van der Waals surface area (Å²) in [5, 5.41) is 3.01. The molecule has 0 fully saturated rings. The maximum absolute atomic E-state index is 12.6. The average molecular weight is 423 g/mol. The third-order valence-corrected chi connectivity index (χ3v) is 5.13. The van der Waals surface area contributed by atoms with Gasteiger partial charge in [-0.05, 0) is 42.8 Å². The topological polar surface area (TPSA) is 68.9 Å². The molecule has 0 unspecified atom stereocenters. The second-order valence-electron chi connectivity index (χ2n) is 6.48. The van der Waals surface area contributed by atoms with E-state index in [1.807, 2.05) is 23.7 Å². The molecule has 0 saturated heterocycles. The quantitative estimate of drug-likeness (QED) is 0.526. The number of nitrogen functional groups attached to an aromatic ring is 1. The molecule has 0 spiro atoms. The van der Waals surface area contributed by atoms with E-state index in [0.717, 1.165) is 34.0 Å². The highest BCUT2D eigenvalue weighted by Crippen LogP contribution is 2.29. The number of allylic oxidation sites excluding steroid dienone is 6. The van der Waals surface area contributed by atoms with Crippen molar-refractivity contribution in [2.24, 2.45) is 0 Å². The van der Waals surface area contributed by atoms with Crippen molar-refractivity contribution in [3.8, 4) is 21.8 Å². The fourth-order valence-electron chi connectivity index (χ4n) is 2.73. The van der Waals surface area contributed by atoms with Crippen molar-refractivity contribution in [2.45, 2.75) is 13.3 Å². The van der Waals surface area contributed by atoms with E-state index in [4.69, 9.17) is 5.73 Å². The molecule has 0 amide bonds. The van der Waals surface area contributed by atoms with Crippen LogP contribution in [0, 0.1) is 6.92 Å². The van der Waals surface area contributed by atoms with Crippen LogP contribution < -0.4 is 5.73 Å². The number of hydrogen-bond donors (Lipinski definition) is 1. The Morgan fingerprint density at radius 1 is 1.17 bits per heavy atom. The summed E-state index contributed by atoms with van der Waals surface area (Å²) in [5.74, 6) is -1.17. The lowest BCUT2D eigenvalue weighted by Crippen LogP contribution is -1.91. The number of halogens is 2. The number of aldehydes is 1. The smallest absolute Gasteiger partial charge is 0.149 e. The number of carbonyl (C=O) groups is 1. The Hall–Kier alpha value is -3.45. The van der Waals surface area contributed by atoms with E-state index in [0.29, 0.717) is 12.0 Å². The van der Waals surface area contributed by atoms with Gasteiger partial charge in [-0.3, -0.25) is 9.78 Å². The molecule has 2 N–H and O–H groups in total. The summed E-state index contributed by atoms with van der Waals surface area (Å²) in [4.78, 5) is 18.9. The number of aryl methyl sites for hydroxylation is 1. The fraction of sp³-hybridized carbons (Fsp3) is 0.0870. The van der Waals surface area contributed by atoms with Crippen molar-refractivity contribution >= 4 is 23.3 Å². The van der Waals surface area contributed by atoms with E-state index < -0.39 is 11.7 Å². The van der Waals surface area contributed by atoms with Crippen LogP contribution in [0.2, 0.25) is 0 Å². The standard InChI is InChI=1S/C15H13N3S.C8H6F2O/c1-10-2-3-11(15-17-6-7-19-15)8-13(10)14-5-4-12(16)9-18-14;9-7-2-1-3-8(10)6(4-7)5-11/h2-9H,16H2,1H3;1-3,5H,4H2. The number of carbonyl (C=O) groups excluding carboxylic acids is 1.